The summed E-state index contributed by atoms with van der Waals surface area (Å²) in [5.74, 6) is 0.638. The molecule has 3 aromatic rings. The molecule has 12 unspecified atom stereocenters. The van der Waals surface area contributed by atoms with E-state index in [-0.39, 0.29) is 53.2 Å². The van der Waals surface area contributed by atoms with Crippen molar-refractivity contribution in [3.8, 4) is 12.3 Å². The summed E-state index contributed by atoms with van der Waals surface area (Å²) in [6.07, 6.45) is 10.2. The second-order valence-corrected chi connectivity index (χ2v) is 23.1. The Kier molecular flexibility index (Phi) is 30.3. The lowest BCUT2D eigenvalue weighted by molar-refractivity contribution is -0.219. The summed E-state index contributed by atoms with van der Waals surface area (Å²) in [4.78, 5) is 82.7. The fraction of sp³-hybridized carbons (Fsp3) is 0.633. The molecule has 4 aliphatic rings. The van der Waals surface area contributed by atoms with Gasteiger partial charge in [0.1, 0.15) is 60.4 Å². The molecule has 88 heavy (non-hydrogen) atoms. The first-order valence-corrected chi connectivity index (χ1v) is 30.9. The Morgan fingerprint density at radius 1 is 0.716 bits per heavy atom. The van der Waals surface area contributed by atoms with Crippen molar-refractivity contribution in [1.82, 2.24) is 46.1 Å². The molecular formula is C60H86Cl2N12O14. The van der Waals surface area contributed by atoms with Crippen molar-refractivity contribution in [3.63, 3.8) is 0 Å². The average Bonchev–Trinajstić information content (AvgIpc) is 2.48. The van der Waals surface area contributed by atoms with Crippen molar-refractivity contribution >= 4 is 58.6 Å². The Labute approximate surface area is 523 Å². The summed E-state index contributed by atoms with van der Waals surface area (Å²) in [6.45, 7) is 6.58. The number of halogens is 2. The van der Waals surface area contributed by atoms with E-state index in [9.17, 15) is 54.3 Å². The van der Waals surface area contributed by atoms with E-state index in [1.807, 2.05) is 6.92 Å². The van der Waals surface area contributed by atoms with Gasteiger partial charge in [0.15, 0.2) is 12.5 Å². The van der Waals surface area contributed by atoms with Crippen LogP contribution in [0.25, 0.3) is 10.4 Å². The Balaban J connectivity index is 0.000000271. The van der Waals surface area contributed by atoms with Crippen LogP contribution >= 0.6 is 23.2 Å². The van der Waals surface area contributed by atoms with Gasteiger partial charge >= 0.3 is 0 Å². The molecule has 3 heterocycles. The van der Waals surface area contributed by atoms with Crippen molar-refractivity contribution in [1.29, 1.82) is 0 Å². The SMILES string of the molecule is C#CCN(C(=O)c1ccccc1Cl)C(C(=O)NCCCC)C1CCCCC1.CC(=O)NC1C(N=[N+]=[N-])OC(CO)C(O)C1O.CCCCNC(=O)C(C1CCCCC1)N(Cc1cn(C2OC(CO)C(O)C(O)C2NC(C)=O)nn1)C(=O)c1ccccc1Cl. The number of carbonyl (C=O) groups excluding carboxylic acids is 6. The fourth-order valence-electron chi connectivity index (χ4n) is 11.4. The monoisotopic (exact) mass is 1270 g/mol. The molecule has 484 valence electrons. The molecule has 2 aliphatic heterocycles. The maximum absolute atomic E-state index is 14.2. The van der Waals surface area contributed by atoms with E-state index in [2.05, 4.69) is 54.4 Å². The fourth-order valence-corrected chi connectivity index (χ4v) is 11.8. The van der Waals surface area contributed by atoms with Gasteiger partial charge in [0.2, 0.25) is 23.6 Å². The van der Waals surface area contributed by atoms with Crippen LogP contribution in [-0.2, 0) is 35.2 Å². The third-order valence-electron chi connectivity index (χ3n) is 15.9. The van der Waals surface area contributed by atoms with E-state index >= 15 is 0 Å². The number of azide groups is 1. The Morgan fingerprint density at radius 3 is 1.62 bits per heavy atom. The molecule has 0 spiro atoms. The zero-order valence-corrected chi connectivity index (χ0v) is 51.8. The standard InChI is InChI=1S/C30H43ClN6O7.C22H29ClN2O2.C8H14N4O5/c1-3-4-14-32-28(42)25(19-10-6-5-7-11-19)36(29(43)21-12-8-9-13-22(21)31)15-20-16-37(35-34-20)30-24(33-18(2)39)27(41)26(40)23(17-38)44-30;1-3-5-15-24-21(26)20(17-11-7-6-8-12-17)25(16-4-2)22(27)18-13-9-10-14-19(18)23;1-3(14)10-5-7(16)6(15)4(2-13)17-8(5)11-12-9/h8-9,12-13,16,19,23-27,30,38,40-41H,3-7,10-11,14-15,17H2,1-2H3,(H,32,42)(H,33,39);2,9-10,13-14,17,20H,3,5-8,11-12,15-16H2,1H3,(H,24,26);4-8,13,15-16H,2H2,1H3,(H,10,14). The number of hydrogen-bond acceptors (Lipinski definition) is 17. The number of ether oxygens (including phenoxy) is 2. The van der Waals surface area contributed by atoms with Gasteiger partial charge in [-0.05, 0) is 80.2 Å². The molecule has 2 aromatic carbocycles. The zero-order chi connectivity index (χ0) is 64.5. The first kappa shape index (κ1) is 72.3. The molecule has 2 saturated heterocycles. The number of benzene rings is 2. The predicted molar refractivity (Wildman–Crippen MR) is 324 cm³/mol. The molecule has 1 aromatic heterocycles. The van der Waals surface area contributed by atoms with Crippen LogP contribution in [0.3, 0.4) is 0 Å². The highest BCUT2D eigenvalue weighted by Gasteiger charge is 2.47. The molecule has 6 amide bonds. The normalized spacial score (nSPS) is 24.4. The summed E-state index contributed by atoms with van der Waals surface area (Å²) in [7, 11) is 0. The smallest absolute Gasteiger partial charge is 0.256 e. The van der Waals surface area contributed by atoms with E-state index in [4.69, 9.17) is 49.7 Å². The number of aliphatic hydroxyl groups is 6. The Bertz CT molecular complexity index is 2830. The van der Waals surface area contributed by atoms with E-state index in [1.165, 1.54) is 36.0 Å². The first-order chi connectivity index (χ1) is 42.3. The summed E-state index contributed by atoms with van der Waals surface area (Å²) in [5, 5.41) is 82.3. The largest absolute Gasteiger partial charge is 0.394 e. The lowest BCUT2D eigenvalue weighted by atomic mass is 9.82. The molecule has 2 saturated carbocycles. The van der Waals surface area contributed by atoms with Crippen molar-refractivity contribution in [2.75, 3.05) is 32.8 Å². The molecule has 4 fully saturated rings. The van der Waals surface area contributed by atoms with Crippen LogP contribution in [-0.4, -0.2) is 191 Å². The molecule has 10 N–H and O–H groups in total. The minimum atomic E-state index is -1.47. The summed E-state index contributed by atoms with van der Waals surface area (Å²) >= 11 is 12.7. The molecule has 28 heteroatoms. The number of aromatic nitrogens is 3. The number of hydrogen-bond donors (Lipinski definition) is 10. The van der Waals surface area contributed by atoms with Gasteiger partial charge < -0.3 is 71.2 Å². The molecule has 26 nitrogen and oxygen atoms in total. The van der Waals surface area contributed by atoms with Crippen molar-refractivity contribution in [3.05, 3.63) is 92.0 Å². The highest BCUT2D eigenvalue weighted by atomic mass is 35.5. The van der Waals surface area contributed by atoms with Gasteiger partial charge in [0.25, 0.3) is 11.8 Å². The van der Waals surface area contributed by atoms with E-state index in [0.29, 0.717) is 29.4 Å². The topological polar surface area (TPSA) is 376 Å². The second-order valence-electron chi connectivity index (χ2n) is 22.3. The average molecular weight is 1270 g/mol. The molecule has 2 aliphatic carbocycles. The quantitative estimate of drug-likeness (QED) is 0.0210. The molecule has 0 radical (unpaired) electrons. The second kappa shape index (κ2) is 36.9. The Hall–Kier alpha value is -6.47. The van der Waals surface area contributed by atoms with Gasteiger partial charge in [-0.15, -0.1) is 11.5 Å². The van der Waals surface area contributed by atoms with Crippen molar-refractivity contribution in [2.24, 2.45) is 17.0 Å². The number of nitrogens with zero attached hydrogens (tertiary/aromatic N) is 8. The van der Waals surface area contributed by atoms with Crippen LogP contribution < -0.4 is 21.3 Å². The lowest BCUT2D eigenvalue weighted by Crippen LogP contribution is -2.63. The number of terminal acetylenes is 1. The zero-order valence-electron chi connectivity index (χ0n) is 50.3. The van der Waals surface area contributed by atoms with Crippen LogP contribution in [0, 0.1) is 24.2 Å². The minimum Gasteiger partial charge on any atom is -0.394 e. The summed E-state index contributed by atoms with van der Waals surface area (Å²) < 4.78 is 12.2. The highest BCUT2D eigenvalue weighted by molar-refractivity contribution is 6.34. The van der Waals surface area contributed by atoms with Crippen LogP contribution in [0.15, 0.2) is 59.8 Å². The van der Waals surface area contributed by atoms with E-state index in [0.717, 1.165) is 83.5 Å². The molecular weight excluding hydrogens is 1180 g/mol. The predicted octanol–water partition coefficient (Wildman–Crippen LogP) is 4.08. The van der Waals surface area contributed by atoms with Crippen molar-refractivity contribution in [2.45, 2.75) is 197 Å². The van der Waals surface area contributed by atoms with Gasteiger partial charge in [0, 0.05) is 31.8 Å². The van der Waals surface area contributed by atoms with E-state index in [1.54, 1.807) is 53.4 Å². The number of rotatable bonds is 23. The summed E-state index contributed by atoms with van der Waals surface area (Å²) in [6, 6.07) is 10.1. The van der Waals surface area contributed by atoms with Crippen LogP contribution in [0.4, 0.5) is 0 Å². The van der Waals surface area contributed by atoms with Gasteiger partial charge in [-0.3, -0.25) is 28.8 Å². The Morgan fingerprint density at radius 2 is 1.17 bits per heavy atom. The molecule has 12 atom stereocenters. The van der Waals surface area contributed by atoms with Crippen LogP contribution in [0.5, 0.6) is 0 Å². The molecule has 7 rings (SSSR count). The number of nitrogens with one attached hydrogen (secondary N) is 4. The van der Waals surface area contributed by atoms with E-state index < -0.39 is 104 Å². The molecule has 0 bridgehead atoms. The highest BCUT2D eigenvalue weighted by Crippen LogP contribution is 2.34. The van der Waals surface area contributed by atoms with Crippen molar-refractivity contribution < 1.29 is 68.9 Å². The van der Waals surface area contributed by atoms with Gasteiger partial charge in [0.05, 0.1) is 59.7 Å². The number of aliphatic hydroxyl groups excluding tert-OH is 6. The van der Waals surface area contributed by atoms with Crippen LogP contribution in [0.1, 0.15) is 150 Å². The summed E-state index contributed by atoms with van der Waals surface area (Å²) in [5.41, 5.74) is 9.30. The number of amides is 6. The third kappa shape index (κ3) is 20.0. The van der Waals surface area contributed by atoms with Gasteiger partial charge in [-0.25, -0.2) is 4.68 Å². The van der Waals surface area contributed by atoms with Gasteiger partial charge in [-0.1, -0.05) is 129 Å². The maximum Gasteiger partial charge on any atom is 0.256 e. The number of unbranched alkanes of at least 4 members (excludes halogenated alkanes) is 2. The van der Waals surface area contributed by atoms with Gasteiger partial charge in [-0.2, -0.15) is 0 Å². The minimum absolute atomic E-state index is 0.0698. The first-order valence-electron chi connectivity index (χ1n) is 30.1. The maximum atomic E-state index is 14.2. The number of carbonyl (C=O) groups is 6. The van der Waals surface area contributed by atoms with Crippen LogP contribution in [0.2, 0.25) is 10.0 Å². The lowest BCUT2D eigenvalue weighted by Gasteiger charge is -2.42. The third-order valence-corrected chi connectivity index (χ3v) is 16.6.